The number of nitrogens with zero attached hydrogens (tertiary/aromatic N) is 3. The number of carbonyl (C=O) groups excluding carboxylic acids is 1. The molecule has 0 saturated carbocycles. The molecule has 1 aromatic rings. The third-order valence-electron chi connectivity index (χ3n) is 3.50. The number of benzene rings is 1. The summed E-state index contributed by atoms with van der Waals surface area (Å²) in [6.07, 6.45) is 0. The number of rotatable bonds is 2. The number of nitriles is 1. The van der Waals surface area contributed by atoms with E-state index in [1.165, 1.54) is 18.2 Å². The molecule has 1 unspecified atom stereocenters. The monoisotopic (exact) mass is 387 g/mol. The summed E-state index contributed by atoms with van der Waals surface area (Å²) in [5.41, 5.74) is 0.536. The van der Waals surface area contributed by atoms with Gasteiger partial charge < -0.3 is 4.90 Å². The predicted molar refractivity (Wildman–Crippen MR) is 81.7 cm³/mol. The van der Waals surface area contributed by atoms with Gasteiger partial charge in [0.2, 0.25) is 0 Å². The minimum absolute atomic E-state index is 0.0707. The largest absolute Gasteiger partial charge is 0.336 e. The first-order chi connectivity index (χ1) is 9.52. The Morgan fingerprint density at radius 2 is 2.05 bits per heavy atom. The van der Waals surface area contributed by atoms with Crippen LogP contribution in [0.1, 0.15) is 17.3 Å². The van der Waals surface area contributed by atoms with E-state index in [0.29, 0.717) is 35.3 Å². The van der Waals surface area contributed by atoms with E-state index in [4.69, 9.17) is 5.26 Å². The number of hydrogen-bond acceptors (Lipinski definition) is 3. The van der Waals surface area contributed by atoms with E-state index >= 15 is 0 Å². The van der Waals surface area contributed by atoms with Gasteiger partial charge in [-0.2, -0.15) is 5.26 Å². The highest BCUT2D eigenvalue weighted by atomic mass is 127. The Balaban J connectivity index is 2.04. The summed E-state index contributed by atoms with van der Waals surface area (Å²) in [5, 5.41) is 8.89. The summed E-state index contributed by atoms with van der Waals surface area (Å²) in [6.45, 7) is 4.44. The molecule has 1 aliphatic heterocycles. The van der Waals surface area contributed by atoms with Crippen LogP contribution in [0, 0.1) is 20.7 Å². The third kappa shape index (κ3) is 3.27. The second-order valence-electron chi connectivity index (χ2n) is 4.76. The summed E-state index contributed by atoms with van der Waals surface area (Å²) in [5.74, 6) is -0.405. The lowest BCUT2D eigenvalue weighted by Gasteiger charge is -2.36. The third-order valence-corrected chi connectivity index (χ3v) is 4.39. The van der Waals surface area contributed by atoms with Gasteiger partial charge in [0.25, 0.3) is 5.91 Å². The molecule has 0 aromatic heterocycles. The van der Waals surface area contributed by atoms with Crippen molar-refractivity contribution in [3.05, 3.63) is 33.1 Å². The van der Waals surface area contributed by atoms with Gasteiger partial charge in [-0.15, -0.1) is 0 Å². The quantitative estimate of drug-likeness (QED) is 0.731. The van der Waals surface area contributed by atoms with Gasteiger partial charge in [-0.3, -0.25) is 9.69 Å². The Morgan fingerprint density at radius 3 is 2.60 bits per heavy atom. The zero-order chi connectivity index (χ0) is 14.7. The molecule has 1 amide bonds. The summed E-state index contributed by atoms with van der Waals surface area (Å²) in [6, 6.07) is 6.28. The van der Waals surface area contributed by atoms with Gasteiger partial charge in [0, 0.05) is 29.7 Å². The van der Waals surface area contributed by atoms with Crippen molar-refractivity contribution < 1.29 is 9.18 Å². The van der Waals surface area contributed by atoms with Gasteiger partial charge in [0.15, 0.2) is 0 Å². The second kappa shape index (κ2) is 6.50. The van der Waals surface area contributed by atoms with Gasteiger partial charge in [-0.25, -0.2) is 4.39 Å². The van der Waals surface area contributed by atoms with Crippen LogP contribution in [0.3, 0.4) is 0 Å². The summed E-state index contributed by atoms with van der Waals surface area (Å²) in [7, 11) is 0. The van der Waals surface area contributed by atoms with Crippen molar-refractivity contribution in [2.24, 2.45) is 0 Å². The molecule has 0 spiro atoms. The maximum atomic E-state index is 13.1. The maximum absolute atomic E-state index is 13.1. The molecule has 1 heterocycles. The molecule has 0 N–H and O–H groups in total. The molecule has 2 rings (SSSR count). The number of amides is 1. The predicted octanol–water partition coefficient (Wildman–Crippen LogP) is 2.10. The number of halogens is 2. The maximum Gasteiger partial charge on any atom is 0.255 e. The van der Waals surface area contributed by atoms with Crippen molar-refractivity contribution in [2.45, 2.75) is 13.0 Å². The second-order valence-corrected chi connectivity index (χ2v) is 5.92. The van der Waals surface area contributed by atoms with Crippen LogP contribution in [0.25, 0.3) is 0 Å². The topological polar surface area (TPSA) is 47.3 Å². The van der Waals surface area contributed by atoms with E-state index in [9.17, 15) is 9.18 Å². The van der Waals surface area contributed by atoms with Crippen molar-refractivity contribution in [3.63, 3.8) is 0 Å². The number of carbonyl (C=O) groups is 1. The first-order valence-corrected chi connectivity index (χ1v) is 7.49. The lowest BCUT2D eigenvalue weighted by molar-refractivity contribution is 0.0614. The molecule has 0 bridgehead atoms. The molecule has 1 aromatic carbocycles. The Kier molecular flexibility index (Phi) is 4.94. The Labute approximate surface area is 131 Å². The van der Waals surface area contributed by atoms with Crippen LogP contribution in [0.4, 0.5) is 4.39 Å². The highest BCUT2D eigenvalue weighted by Crippen LogP contribution is 2.17. The van der Waals surface area contributed by atoms with Gasteiger partial charge in [0.05, 0.1) is 17.7 Å². The van der Waals surface area contributed by atoms with Gasteiger partial charge in [-0.1, -0.05) is 0 Å². The van der Waals surface area contributed by atoms with Crippen LogP contribution in [-0.4, -0.2) is 47.9 Å². The Hall–Kier alpha value is -1.20. The summed E-state index contributed by atoms with van der Waals surface area (Å²) >= 11 is 1.98. The van der Waals surface area contributed by atoms with Crippen molar-refractivity contribution in [1.29, 1.82) is 5.26 Å². The number of hydrogen-bond donors (Lipinski definition) is 0. The van der Waals surface area contributed by atoms with Crippen LogP contribution >= 0.6 is 22.6 Å². The summed E-state index contributed by atoms with van der Waals surface area (Å²) in [4.78, 5) is 16.2. The zero-order valence-electron chi connectivity index (χ0n) is 11.1. The van der Waals surface area contributed by atoms with Gasteiger partial charge in [-0.05, 0) is 47.7 Å². The van der Waals surface area contributed by atoms with Crippen LogP contribution in [-0.2, 0) is 0 Å². The highest BCUT2D eigenvalue weighted by molar-refractivity contribution is 14.1. The fourth-order valence-electron chi connectivity index (χ4n) is 2.23. The first-order valence-electron chi connectivity index (χ1n) is 6.41. The first kappa shape index (κ1) is 15.2. The van der Waals surface area contributed by atoms with Crippen LogP contribution in [0.5, 0.6) is 0 Å². The fourth-order valence-corrected chi connectivity index (χ4v) is 2.94. The zero-order valence-corrected chi connectivity index (χ0v) is 13.3. The van der Waals surface area contributed by atoms with E-state index in [1.54, 1.807) is 4.90 Å². The van der Waals surface area contributed by atoms with Crippen molar-refractivity contribution >= 4 is 28.5 Å². The molecule has 1 atom stereocenters. The standard InChI is InChI=1S/C14H15FIN3O/c1-10(9-17)18-4-6-19(7-5-18)14(20)12-3-2-11(15)8-13(12)16/h2-3,8,10H,4-7H2,1H3. The average Bonchev–Trinajstić information content (AvgIpc) is 2.46. The molecule has 0 radical (unpaired) electrons. The number of piperazine rings is 1. The normalized spacial score (nSPS) is 17.6. The Morgan fingerprint density at radius 1 is 1.40 bits per heavy atom. The van der Waals surface area contributed by atoms with Crippen LogP contribution in [0.2, 0.25) is 0 Å². The van der Waals surface area contributed by atoms with Crippen molar-refractivity contribution in [3.8, 4) is 6.07 Å². The van der Waals surface area contributed by atoms with Crippen molar-refractivity contribution in [1.82, 2.24) is 9.80 Å². The van der Waals surface area contributed by atoms with Crippen LogP contribution < -0.4 is 0 Å². The molecule has 1 aliphatic rings. The molecule has 6 heteroatoms. The lowest BCUT2D eigenvalue weighted by Crippen LogP contribution is -2.51. The average molecular weight is 387 g/mol. The Bertz CT molecular complexity index is 550. The smallest absolute Gasteiger partial charge is 0.255 e. The molecule has 106 valence electrons. The molecule has 20 heavy (non-hydrogen) atoms. The van der Waals surface area contributed by atoms with E-state index in [2.05, 4.69) is 11.0 Å². The summed E-state index contributed by atoms with van der Waals surface area (Å²) < 4.78 is 13.7. The fraction of sp³-hybridized carbons (Fsp3) is 0.429. The minimum Gasteiger partial charge on any atom is -0.336 e. The van der Waals surface area contributed by atoms with Crippen LogP contribution in [0.15, 0.2) is 18.2 Å². The van der Waals surface area contributed by atoms with E-state index in [1.807, 2.05) is 29.5 Å². The lowest BCUT2D eigenvalue weighted by atomic mass is 10.1. The minimum atomic E-state index is -0.335. The molecule has 4 nitrogen and oxygen atoms in total. The molecular weight excluding hydrogens is 372 g/mol. The van der Waals surface area contributed by atoms with E-state index < -0.39 is 0 Å². The molecule has 0 aliphatic carbocycles. The van der Waals surface area contributed by atoms with E-state index in [-0.39, 0.29) is 17.8 Å². The van der Waals surface area contributed by atoms with Crippen molar-refractivity contribution in [2.75, 3.05) is 26.2 Å². The van der Waals surface area contributed by atoms with Gasteiger partial charge in [0.1, 0.15) is 5.82 Å². The van der Waals surface area contributed by atoms with E-state index in [0.717, 1.165) is 0 Å². The molecular formula is C14H15FIN3O. The highest BCUT2D eigenvalue weighted by Gasteiger charge is 2.25. The SMILES string of the molecule is CC(C#N)N1CCN(C(=O)c2ccc(F)cc2I)CC1. The molecule has 1 fully saturated rings. The van der Waals surface area contributed by atoms with Gasteiger partial charge >= 0.3 is 0 Å². The molecule has 1 saturated heterocycles.